The molecular weight excluding hydrogens is 384 g/mol. The van der Waals surface area contributed by atoms with Crippen molar-refractivity contribution in [3.8, 4) is 11.5 Å². The van der Waals surface area contributed by atoms with Gasteiger partial charge in [0.15, 0.2) is 0 Å². The van der Waals surface area contributed by atoms with Gasteiger partial charge in [-0.3, -0.25) is 4.79 Å². The van der Waals surface area contributed by atoms with Crippen LogP contribution >= 0.6 is 27.5 Å². The fourth-order valence-corrected chi connectivity index (χ4v) is 2.40. The molecule has 0 saturated heterocycles. The Kier molecular flexibility index (Phi) is 6.12. The van der Waals surface area contributed by atoms with Crippen molar-refractivity contribution in [1.29, 1.82) is 0 Å². The second kappa shape index (κ2) is 8.08. The number of nitrogens with one attached hydrogen (secondary N) is 2. The lowest BCUT2D eigenvalue weighted by Crippen LogP contribution is -2.22. The van der Waals surface area contributed by atoms with Gasteiger partial charge in [-0.05, 0) is 24.3 Å². The number of rotatable bonds is 6. The zero-order valence-corrected chi connectivity index (χ0v) is 15.0. The van der Waals surface area contributed by atoms with Crippen LogP contribution in [-0.2, 0) is 4.79 Å². The molecule has 0 bridgehead atoms. The first kappa shape index (κ1) is 17.4. The summed E-state index contributed by atoms with van der Waals surface area (Å²) in [6.07, 6.45) is 0. The van der Waals surface area contributed by atoms with E-state index in [1.54, 1.807) is 12.1 Å². The maximum atomic E-state index is 12.1. The molecule has 23 heavy (non-hydrogen) atoms. The molecule has 2 aromatic carbocycles. The molecule has 5 nitrogen and oxygen atoms in total. The van der Waals surface area contributed by atoms with Crippen LogP contribution in [-0.4, -0.2) is 26.7 Å². The van der Waals surface area contributed by atoms with E-state index in [4.69, 9.17) is 21.1 Å². The smallest absolute Gasteiger partial charge is 0.243 e. The topological polar surface area (TPSA) is 59.6 Å². The highest BCUT2D eigenvalue weighted by Gasteiger charge is 2.12. The minimum atomic E-state index is -0.212. The summed E-state index contributed by atoms with van der Waals surface area (Å²) in [4.78, 5) is 12.1. The quantitative estimate of drug-likeness (QED) is 0.765. The van der Waals surface area contributed by atoms with Crippen molar-refractivity contribution in [2.45, 2.75) is 0 Å². The van der Waals surface area contributed by atoms with Gasteiger partial charge in [0, 0.05) is 22.3 Å². The highest BCUT2D eigenvalue weighted by atomic mass is 79.9. The average molecular weight is 400 g/mol. The molecule has 0 fully saturated rings. The van der Waals surface area contributed by atoms with Crippen molar-refractivity contribution in [1.82, 2.24) is 0 Å². The third kappa shape index (κ3) is 4.77. The summed E-state index contributed by atoms with van der Waals surface area (Å²) in [5, 5.41) is 6.22. The largest absolute Gasteiger partial charge is 0.495 e. The molecule has 1 amide bonds. The number of halogens is 2. The van der Waals surface area contributed by atoms with Crippen LogP contribution in [0.5, 0.6) is 11.5 Å². The maximum Gasteiger partial charge on any atom is 0.243 e. The van der Waals surface area contributed by atoms with Gasteiger partial charge in [-0.25, -0.2) is 0 Å². The molecule has 0 atom stereocenters. The van der Waals surface area contributed by atoms with Crippen molar-refractivity contribution in [2.24, 2.45) is 0 Å². The number of benzene rings is 2. The molecule has 0 radical (unpaired) electrons. The number of amides is 1. The van der Waals surface area contributed by atoms with E-state index < -0.39 is 0 Å². The zero-order chi connectivity index (χ0) is 16.8. The SMILES string of the molecule is COc1cc(NC(=O)CNc2ccc(Br)cc2)c(OC)cc1Cl. The van der Waals surface area contributed by atoms with Gasteiger partial charge in [0.25, 0.3) is 0 Å². The minimum absolute atomic E-state index is 0.121. The second-order valence-corrected chi connectivity index (χ2v) is 5.92. The van der Waals surface area contributed by atoms with E-state index in [2.05, 4.69) is 26.6 Å². The highest BCUT2D eigenvalue weighted by molar-refractivity contribution is 9.10. The van der Waals surface area contributed by atoms with Crippen LogP contribution < -0.4 is 20.1 Å². The normalized spacial score (nSPS) is 10.1. The molecule has 0 aromatic heterocycles. The third-order valence-electron chi connectivity index (χ3n) is 3.05. The molecule has 7 heteroatoms. The standard InChI is InChI=1S/C16H16BrClN2O3/c1-22-14-8-13(15(23-2)7-12(14)18)20-16(21)9-19-11-5-3-10(17)4-6-11/h3-8,19H,9H2,1-2H3,(H,20,21). The summed E-state index contributed by atoms with van der Waals surface area (Å²) in [7, 11) is 3.02. The number of methoxy groups -OCH3 is 2. The van der Waals surface area contributed by atoms with Crippen LogP contribution in [0.2, 0.25) is 5.02 Å². The van der Waals surface area contributed by atoms with Gasteiger partial charge >= 0.3 is 0 Å². The van der Waals surface area contributed by atoms with E-state index >= 15 is 0 Å². The Morgan fingerprint density at radius 2 is 1.78 bits per heavy atom. The van der Waals surface area contributed by atoms with E-state index in [1.165, 1.54) is 14.2 Å². The summed E-state index contributed by atoms with van der Waals surface area (Å²) in [6.45, 7) is 0.121. The molecule has 2 N–H and O–H groups in total. The Balaban J connectivity index is 2.03. The van der Waals surface area contributed by atoms with E-state index in [9.17, 15) is 4.79 Å². The zero-order valence-electron chi connectivity index (χ0n) is 12.7. The number of ether oxygens (including phenoxy) is 2. The van der Waals surface area contributed by atoms with Gasteiger partial charge in [0.1, 0.15) is 11.5 Å². The Morgan fingerprint density at radius 1 is 1.13 bits per heavy atom. The molecular formula is C16H16BrClN2O3. The van der Waals surface area contributed by atoms with Gasteiger partial charge in [-0.1, -0.05) is 27.5 Å². The molecule has 0 spiro atoms. The second-order valence-electron chi connectivity index (χ2n) is 4.60. The fraction of sp³-hybridized carbons (Fsp3) is 0.188. The monoisotopic (exact) mass is 398 g/mol. The predicted octanol–water partition coefficient (Wildman–Crippen LogP) is 4.17. The Labute approximate surface area is 148 Å². The number of hydrogen-bond donors (Lipinski definition) is 2. The van der Waals surface area contributed by atoms with Gasteiger partial charge in [-0.15, -0.1) is 0 Å². The minimum Gasteiger partial charge on any atom is -0.495 e. The van der Waals surface area contributed by atoms with Crippen molar-refractivity contribution in [2.75, 3.05) is 31.4 Å². The van der Waals surface area contributed by atoms with Crippen LogP contribution in [0.15, 0.2) is 40.9 Å². The van der Waals surface area contributed by atoms with E-state index in [1.807, 2.05) is 24.3 Å². The lowest BCUT2D eigenvalue weighted by atomic mass is 10.2. The Bertz CT molecular complexity index is 692. The van der Waals surface area contributed by atoms with Crippen LogP contribution in [0.3, 0.4) is 0 Å². The van der Waals surface area contributed by atoms with E-state index in [0.29, 0.717) is 22.2 Å². The van der Waals surface area contributed by atoms with Crippen molar-refractivity contribution in [3.63, 3.8) is 0 Å². The Hall–Kier alpha value is -1.92. The number of carbonyl (C=O) groups is 1. The lowest BCUT2D eigenvalue weighted by Gasteiger charge is -2.13. The van der Waals surface area contributed by atoms with Gasteiger partial charge in [0.05, 0.1) is 31.5 Å². The van der Waals surface area contributed by atoms with Crippen molar-refractivity contribution >= 4 is 44.8 Å². The summed E-state index contributed by atoms with van der Waals surface area (Å²) < 4.78 is 11.3. The number of anilines is 2. The molecule has 122 valence electrons. The first-order chi connectivity index (χ1) is 11.0. The molecule has 0 heterocycles. The molecule has 0 aliphatic heterocycles. The van der Waals surface area contributed by atoms with Crippen LogP contribution in [0.25, 0.3) is 0 Å². The number of carbonyl (C=O) groups excluding carboxylic acids is 1. The molecule has 0 saturated carbocycles. The summed E-state index contributed by atoms with van der Waals surface area (Å²) in [5.74, 6) is 0.715. The fourth-order valence-electron chi connectivity index (χ4n) is 1.90. The predicted molar refractivity (Wildman–Crippen MR) is 95.8 cm³/mol. The first-order valence-electron chi connectivity index (χ1n) is 6.74. The van der Waals surface area contributed by atoms with Crippen molar-refractivity contribution < 1.29 is 14.3 Å². The summed E-state index contributed by atoms with van der Waals surface area (Å²) in [5.41, 5.74) is 1.35. The van der Waals surface area contributed by atoms with Gasteiger partial charge < -0.3 is 20.1 Å². The Morgan fingerprint density at radius 3 is 2.39 bits per heavy atom. The third-order valence-corrected chi connectivity index (χ3v) is 3.87. The molecule has 0 aliphatic rings. The van der Waals surface area contributed by atoms with Crippen molar-refractivity contribution in [3.05, 3.63) is 45.9 Å². The van der Waals surface area contributed by atoms with Crippen LogP contribution in [0, 0.1) is 0 Å². The lowest BCUT2D eigenvalue weighted by molar-refractivity contribution is -0.114. The summed E-state index contributed by atoms with van der Waals surface area (Å²) in [6, 6.07) is 10.8. The molecule has 0 unspecified atom stereocenters. The molecule has 0 aliphatic carbocycles. The summed E-state index contributed by atoms with van der Waals surface area (Å²) >= 11 is 9.40. The molecule has 2 rings (SSSR count). The maximum absolute atomic E-state index is 12.1. The molecule has 2 aromatic rings. The van der Waals surface area contributed by atoms with Gasteiger partial charge in [0.2, 0.25) is 5.91 Å². The highest BCUT2D eigenvalue weighted by Crippen LogP contribution is 2.35. The van der Waals surface area contributed by atoms with Gasteiger partial charge in [-0.2, -0.15) is 0 Å². The van der Waals surface area contributed by atoms with E-state index in [0.717, 1.165) is 10.2 Å². The van der Waals surface area contributed by atoms with Crippen LogP contribution in [0.4, 0.5) is 11.4 Å². The van der Waals surface area contributed by atoms with Crippen LogP contribution in [0.1, 0.15) is 0 Å². The van der Waals surface area contributed by atoms with E-state index in [-0.39, 0.29) is 12.5 Å². The average Bonchev–Trinajstić information content (AvgIpc) is 2.55. The first-order valence-corrected chi connectivity index (χ1v) is 7.91. The number of hydrogen-bond acceptors (Lipinski definition) is 4.